The van der Waals surface area contributed by atoms with Crippen molar-refractivity contribution in [2.45, 2.75) is 19.9 Å². The van der Waals surface area contributed by atoms with Gasteiger partial charge in [-0.25, -0.2) is 4.79 Å². The van der Waals surface area contributed by atoms with Crippen LogP contribution in [-0.2, 0) is 4.74 Å². The molecule has 0 amide bonds. The van der Waals surface area contributed by atoms with E-state index in [9.17, 15) is 4.79 Å². The molecule has 1 heterocycles. The summed E-state index contributed by atoms with van der Waals surface area (Å²) in [6, 6.07) is 9.55. The van der Waals surface area contributed by atoms with Gasteiger partial charge < -0.3 is 15.4 Å². The number of ether oxygens (including phenoxy) is 1. The number of rotatable bonds is 5. The van der Waals surface area contributed by atoms with Gasteiger partial charge in [0.2, 0.25) is 0 Å². The summed E-state index contributed by atoms with van der Waals surface area (Å²) in [6.45, 7) is 4.23. The summed E-state index contributed by atoms with van der Waals surface area (Å²) >= 11 is 1.69. The molecule has 2 rings (SSSR count). The van der Waals surface area contributed by atoms with E-state index in [-0.39, 0.29) is 12.0 Å². The number of benzene rings is 1. The maximum atomic E-state index is 12.1. The van der Waals surface area contributed by atoms with Gasteiger partial charge in [0.05, 0.1) is 29.6 Å². The first-order chi connectivity index (χ1) is 10.1. The average molecular weight is 304 g/mol. The maximum absolute atomic E-state index is 12.1. The Labute approximate surface area is 129 Å². The van der Waals surface area contributed by atoms with E-state index in [1.54, 1.807) is 36.5 Å². The number of para-hydroxylation sites is 1. The van der Waals surface area contributed by atoms with Gasteiger partial charge in [0.15, 0.2) is 0 Å². The summed E-state index contributed by atoms with van der Waals surface area (Å²) in [5.41, 5.74) is 7.90. The Bertz CT molecular complexity index is 611. The minimum Gasteiger partial charge on any atom is -0.462 e. The lowest BCUT2D eigenvalue weighted by atomic mass is 10.1. The minimum absolute atomic E-state index is 0.128. The van der Waals surface area contributed by atoms with Gasteiger partial charge in [0.1, 0.15) is 0 Å². The molecule has 0 spiro atoms. The monoisotopic (exact) mass is 304 g/mol. The van der Waals surface area contributed by atoms with Crippen LogP contribution in [0.5, 0.6) is 0 Å². The summed E-state index contributed by atoms with van der Waals surface area (Å²) in [4.78, 5) is 15.4. The first-order valence-corrected chi connectivity index (χ1v) is 7.76. The van der Waals surface area contributed by atoms with E-state index in [4.69, 9.17) is 10.5 Å². The van der Waals surface area contributed by atoms with Crippen LogP contribution >= 0.6 is 11.3 Å². The van der Waals surface area contributed by atoms with Crippen molar-refractivity contribution in [2.24, 2.45) is 0 Å². The molecule has 1 unspecified atom stereocenters. The zero-order valence-corrected chi connectivity index (χ0v) is 13.3. The van der Waals surface area contributed by atoms with Crippen molar-refractivity contribution in [3.8, 4) is 0 Å². The molecule has 0 radical (unpaired) electrons. The van der Waals surface area contributed by atoms with Crippen LogP contribution in [-0.4, -0.2) is 19.6 Å². The molecule has 21 heavy (non-hydrogen) atoms. The van der Waals surface area contributed by atoms with Crippen LogP contribution < -0.4 is 10.6 Å². The fourth-order valence-corrected chi connectivity index (χ4v) is 3.07. The summed E-state index contributed by atoms with van der Waals surface area (Å²) in [5.74, 6) is -0.343. The normalized spacial score (nSPS) is 12.0. The second kappa shape index (κ2) is 6.63. The van der Waals surface area contributed by atoms with Crippen molar-refractivity contribution in [1.82, 2.24) is 0 Å². The van der Waals surface area contributed by atoms with Gasteiger partial charge >= 0.3 is 5.97 Å². The fourth-order valence-electron chi connectivity index (χ4n) is 2.24. The van der Waals surface area contributed by atoms with Crippen LogP contribution in [0.15, 0.2) is 35.7 Å². The topological polar surface area (TPSA) is 55.6 Å². The second-order valence-electron chi connectivity index (χ2n) is 4.77. The number of esters is 1. The quantitative estimate of drug-likeness (QED) is 0.676. The lowest BCUT2D eigenvalue weighted by Crippen LogP contribution is -2.24. The number of nitrogens with zero attached hydrogens (tertiary/aromatic N) is 1. The highest BCUT2D eigenvalue weighted by atomic mass is 32.1. The molecule has 1 aromatic heterocycles. The van der Waals surface area contributed by atoms with Crippen molar-refractivity contribution in [2.75, 3.05) is 24.3 Å². The molecule has 1 aromatic carbocycles. The molecule has 0 aliphatic heterocycles. The van der Waals surface area contributed by atoms with E-state index < -0.39 is 0 Å². The van der Waals surface area contributed by atoms with E-state index in [0.717, 1.165) is 5.69 Å². The number of hydrogen-bond donors (Lipinski definition) is 1. The lowest BCUT2D eigenvalue weighted by molar-refractivity contribution is 0.0527. The largest absolute Gasteiger partial charge is 0.462 e. The molecular formula is C16H20N2O2S. The molecular weight excluding hydrogens is 284 g/mol. The first kappa shape index (κ1) is 15.4. The number of carbonyl (C=O) groups is 1. The molecule has 0 saturated heterocycles. The van der Waals surface area contributed by atoms with E-state index >= 15 is 0 Å². The minimum atomic E-state index is -0.343. The van der Waals surface area contributed by atoms with Crippen molar-refractivity contribution in [3.63, 3.8) is 0 Å². The molecule has 0 saturated carbocycles. The van der Waals surface area contributed by atoms with Gasteiger partial charge in [-0.3, -0.25) is 0 Å². The highest BCUT2D eigenvalue weighted by molar-refractivity contribution is 7.10. The van der Waals surface area contributed by atoms with Crippen molar-refractivity contribution < 1.29 is 9.53 Å². The van der Waals surface area contributed by atoms with Gasteiger partial charge in [-0.05, 0) is 37.4 Å². The van der Waals surface area contributed by atoms with Crippen LogP contribution in [0.4, 0.5) is 11.4 Å². The predicted octanol–water partition coefficient (Wildman–Crippen LogP) is 3.70. The molecule has 0 aliphatic rings. The Morgan fingerprint density at radius 2 is 2.14 bits per heavy atom. The van der Waals surface area contributed by atoms with Gasteiger partial charge in [0.25, 0.3) is 0 Å². The zero-order valence-electron chi connectivity index (χ0n) is 12.5. The third-order valence-corrected chi connectivity index (χ3v) is 4.49. The predicted molar refractivity (Wildman–Crippen MR) is 87.9 cm³/mol. The van der Waals surface area contributed by atoms with Crippen molar-refractivity contribution in [3.05, 3.63) is 46.2 Å². The van der Waals surface area contributed by atoms with E-state index in [1.165, 1.54) is 4.88 Å². The number of nitrogen functional groups attached to an aromatic ring is 1. The van der Waals surface area contributed by atoms with Crippen LogP contribution in [0.2, 0.25) is 0 Å². The van der Waals surface area contributed by atoms with Crippen LogP contribution in [0.25, 0.3) is 0 Å². The molecule has 4 nitrogen and oxygen atoms in total. The molecule has 5 heteroatoms. The van der Waals surface area contributed by atoms with Gasteiger partial charge in [0, 0.05) is 11.9 Å². The smallest absolute Gasteiger partial charge is 0.340 e. The van der Waals surface area contributed by atoms with Crippen LogP contribution in [0.3, 0.4) is 0 Å². The van der Waals surface area contributed by atoms with E-state index in [0.29, 0.717) is 17.9 Å². The van der Waals surface area contributed by atoms with Gasteiger partial charge in [-0.15, -0.1) is 11.3 Å². The molecule has 0 bridgehead atoms. The number of thiophene rings is 1. The highest BCUT2D eigenvalue weighted by Crippen LogP contribution is 2.34. The molecule has 1 atom stereocenters. The number of anilines is 2. The maximum Gasteiger partial charge on any atom is 0.340 e. The Hall–Kier alpha value is -2.01. The third kappa shape index (κ3) is 3.19. The number of nitrogens with two attached hydrogens (primary N) is 1. The standard InChI is InChI=1S/C16H20N2O2S/c1-4-20-16(19)12-7-5-8-13(17)15(12)18(3)11(2)14-9-6-10-21-14/h5-11H,4,17H2,1-3H3. The fraction of sp³-hybridized carbons (Fsp3) is 0.312. The second-order valence-corrected chi connectivity index (χ2v) is 5.75. The van der Waals surface area contributed by atoms with Gasteiger partial charge in [-0.1, -0.05) is 12.1 Å². The molecule has 2 N–H and O–H groups in total. The Balaban J connectivity index is 2.40. The van der Waals surface area contributed by atoms with Crippen molar-refractivity contribution >= 4 is 28.7 Å². The molecule has 2 aromatic rings. The summed E-state index contributed by atoms with van der Waals surface area (Å²) < 4.78 is 5.13. The SMILES string of the molecule is CCOC(=O)c1cccc(N)c1N(C)C(C)c1cccs1. The zero-order chi connectivity index (χ0) is 15.4. The Morgan fingerprint density at radius 3 is 2.76 bits per heavy atom. The van der Waals surface area contributed by atoms with Crippen LogP contribution in [0.1, 0.15) is 35.1 Å². The lowest BCUT2D eigenvalue weighted by Gasteiger charge is -2.29. The Kier molecular flexibility index (Phi) is 4.85. The molecule has 0 fully saturated rings. The molecule has 0 aliphatic carbocycles. The summed E-state index contributed by atoms with van der Waals surface area (Å²) in [7, 11) is 1.94. The van der Waals surface area contributed by atoms with Crippen LogP contribution in [0, 0.1) is 0 Å². The van der Waals surface area contributed by atoms with Crippen molar-refractivity contribution in [1.29, 1.82) is 0 Å². The number of carbonyl (C=O) groups excluding carboxylic acids is 1. The summed E-state index contributed by atoms with van der Waals surface area (Å²) in [6.07, 6.45) is 0. The number of hydrogen-bond acceptors (Lipinski definition) is 5. The molecule has 112 valence electrons. The average Bonchev–Trinajstić information content (AvgIpc) is 3.00. The first-order valence-electron chi connectivity index (χ1n) is 6.88. The Morgan fingerprint density at radius 1 is 1.38 bits per heavy atom. The summed E-state index contributed by atoms with van der Waals surface area (Å²) in [5, 5.41) is 2.04. The highest BCUT2D eigenvalue weighted by Gasteiger charge is 2.22. The van der Waals surface area contributed by atoms with Gasteiger partial charge in [-0.2, -0.15) is 0 Å². The van der Waals surface area contributed by atoms with E-state index in [1.807, 2.05) is 23.4 Å². The van der Waals surface area contributed by atoms with E-state index in [2.05, 4.69) is 13.0 Å². The third-order valence-electron chi connectivity index (χ3n) is 3.45.